The minimum atomic E-state index is -2.84. The highest BCUT2D eigenvalue weighted by Crippen LogP contribution is 2.35. The zero-order chi connectivity index (χ0) is 20.8. The molecule has 0 unspecified atom stereocenters. The molecule has 2 saturated carbocycles. The first-order chi connectivity index (χ1) is 14.5. The Bertz CT molecular complexity index is 988. The Hall–Kier alpha value is -2.84. The van der Waals surface area contributed by atoms with E-state index in [0.717, 1.165) is 44.1 Å². The molecule has 0 saturated heterocycles. The van der Waals surface area contributed by atoms with Gasteiger partial charge in [0.1, 0.15) is 0 Å². The fourth-order valence-corrected chi connectivity index (χ4v) is 4.46. The topological polar surface area (TPSA) is 88.3 Å². The van der Waals surface area contributed by atoms with E-state index in [1.54, 1.807) is 18.2 Å². The van der Waals surface area contributed by atoms with E-state index in [1.807, 2.05) is 4.90 Å². The standard InChI is InChI=1S/C21H22F2N4O3/c22-17(23)20-26-25-19(30-20)12-7-8-13-10-27(21(29)14(13)9-12)16-4-2-1-3-15(16)24-18(28)11-5-6-11/h7-9,11,15-17H,1-6,10H2,(H,24,28)/t15-,16-/m1/s1. The monoisotopic (exact) mass is 416 g/mol. The number of hydrogen-bond acceptors (Lipinski definition) is 5. The van der Waals surface area contributed by atoms with Crippen molar-refractivity contribution in [3.63, 3.8) is 0 Å². The molecule has 2 amide bonds. The number of amides is 2. The van der Waals surface area contributed by atoms with Gasteiger partial charge in [-0.1, -0.05) is 18.9 Å². The van der Waals surface area contributed by atoms with Gasteiger partial charge in [-0.05, 0) is 43.4 Å². The number of nitrogens with one attached hydrogen (secondary N) is 1. The van der Waals surface area contributed by atoms with Crippen LogP contribution < -0.4 is 5.32 Å². The second kappa shape index (κ2) is 7.45. The van der Waals surface area contributed by atoms with E-state index in [-0.39, 0.29) is 35.7 Å². The van der Waals surface area contributed by atoms with Crippen LogP contribution in [0.1, 0.15) is 66.8 Å². The van der Waals surface area contributed by atoms with Gasteiger partial charge in [-0.3, -0.25) is 9.59 Å². The Morgan fingerprint density at radius 2 is 1.97 bits per heavy atom. The summed E-state index contributed by atoms with van der Waals surface area (Å²) in [7, 11) is 0. The van der Waals surface area contributed by atoms with Crippen LogP contribution in [0.3, 0.4) is 0 Å². The number of benzene rings is 1. The van der Waals surface area contributed by atoms with Crippen molar-refractivity contribution in [2.45, 2.75) is 63.6 Å². The first kappa shape index (κ1) is 19.1. The third-order valence-electron chi connectivity index (χ3n) is 6.22. The van der Waals surface area contributed by atoms with Gasteiger partial charge < -0.3 is 14.6 Å². The number of nitrogens with zero attached hydrogens (tertiary/aromatic N) is 3. The van der Waals surface area contributed by atoms with Crippen LogP contribution in [-0.2, 0) is 11.3 Å². The van der Waals surface area contributed by atoms with E-state index in [9.17, 15) is 18.4 Å². The number of fused-ring (bicyclic) bond motifs is 1. The van der Waals surface area contributed by atoms with Crippen LogP contribution in [0.15, 0.2) is 22.6 Å². The summed E-state index contributed by atoms with van der Waals surface area (Å²) < 4.78 is 30.5. The van der Waals surface area contributed by atoms with Gasteiger partial charge in [0.15, 0.2) is 0 Å². The maximum Gasteiger partial charge on any atom is 0.314 e. The van der Waals surface area contributed by atoms with Crippen LogP contribution in [0, 0.1) is 5.92 Å². The largest absolute Gasteiger partial charge is 0.415 e. The van der Waals surface area contributed by atoms with Crippen molar-refractivity contribution in [1.29, 1.82) is 0 Å². The molecule has 1 aliphatic heterocycles. The van der Waals surface area contributed by atoms with Crippen LogP contribution in [-0.4, -0.2) is 39.0 Å². The van der Waals surface area contributed by atoms with Gasteiger partial charge in [-0.2, -0.15) is 8.78 Å². The van der Waals surface area contributed by atoms with E-state index in [1.165, 1.54) is 0 Å². The molecule has 1 N–H and O–H groups in total. The molecule has 0 radical (unpaired) electrons. The van der Waals surface area contributed by atoms with Crippen molar-refractivity contribution in [2.24, 2.45) is 5.92 Å². The summed E-state index contributed by atoms with van der Waals surface area (Å²) >= 11 is 0. The summed E-state index contributed by atoms with van der Waals surface area (Å²) in [6.45, 7) is 0.473. The molecular weight excluding hydrogens is 394 g/mol. The zero-order valence-corrected chi connectivity index (χ0v) is 16.3. The summed E-state index contributed by atoms with van der Waals surface area (Å²) in [6.07, 6.45) is 2.83. The number of halogens is 2. The Morgan fingerprint density at radius 1 is 1.17 bits per heavy atom. The molecule has 2 atom stereocenters. The average molecular weight is 416 g/mol. The van der Waals surface area contributed by atoms with Crippen molar-refractivity contribution in [3.05, 3.63) is 35.2 Å². The van der Waals surface area contributed by atoms with Crippen LogP contribution in [0.2, 0.25) is 0 Å². The second-order valence-electron chi connectivity index (χ2n) is 8.29. The molecule has 1 aromatic carbocycles. The number of carbonyl (C=O) groups is 2. The number of hydrogen-bond donors (Lipinski definition) is 1. The molecule has 158 valence electrons. The number of alkyl halides is 2. The minimum Gasteiger partial charge on any atom is -0.415 e. The second-order valence-corrected chi connectivity index (χ2v) is 8.29. The molecule has 3 aliphatic rings. The molecule has 9 heteroatoms. The van der Waals surface area contributed by atoms with Crippen LogP contribution in [0.5, 0.6) is 0 Å². The lowest BCUT2D eigenvalue weighted by atomic mass is 9.89. The first-order valence-electron chi connectivity index (χ1n) is 10.4. The van der Waals surface area contributed by atoms with Crippen LogP contribution in [0.4, 0.5) is 8.78 Å². The normalized spacial score (nSPS) is 23.7. The van der Waals surface area contributed by atoms with Crippen molar-refractivity contribution in [2.75, 3.05) is 0 Å². The molecule has 7 nitrogen and oxygen atoms in total. The molecule has 2 aromatic rings. The molecule has 2 heterocycles. The van der Waals surface area contributed by atoms with Gasteiger partial charge in [-0.15, -0.1) is 10.2 Å². The van der Waals surface area contributed by atoms with Gasteiger partial charge in [0, 0.05) is 29.6 Å². The predicted molar refractivity (Wildman–Crippen MR) is 101 cm³/mol. The smallest absolute Gasteiger partial charge is 0.314 e. The van der Waals surface area contributed by atoms with E-state index in [4.69, 9.17) is 4.42 Å². The number of carbonyl (C=O) groups excluding carboxylic acids is 2. The maximum absolute atomic E-state index is 13.2. The van der Waals surface area contributed by atoms with Crippen molar-refractivity contribution >= 4 is 11.8 Å². The van der Waals surface area contributed by atoms with Gasteiger partial charge >= 0.3 is 6.43 Å². The third-order valence-corrected chi connectivity index (χ3v) is 6.22. The van der Waals surface area contributed by atoms with Crippen molar-refractivity contribution < 1.29 is 22.8 Å². The Balaban J connectivity index is 1.36. The first-order valence-corrected chi connectivity index (χ1v) is 10.4. The lowest BCUT2D eigenvalue weighted by Crippen LogP contribution is -2.53. The average Bonchev–Trinajstić information content (AvgIpc) is 3.39. The van der Waals surface area contributed by atoms with Crippen molar-refractivity contribution in [3.8, 4) is 11.5 Å². The third kappa shape index (κ3) is 3.46. The SMILES string of the molecule is O=C(N[C@@H]1CCCC[C@H]1N1Cc2ccc(-c3nnc(C(F)F)o3)cc2C1=O)C1CC1. The Kier molecular flexibility index (Phi) is 4.75. The molecular formula is C21H22F2N4O3. The maximum atomic E-state index is 13.2. The van der Waals surface area contributed by atoms with Crippen LogP contribution in [0.25, 0.3) is 11.5 Å². The predicted octanol–water partition coefficient (Wildman–Crippen LogP) is 3.47. The summed E-state index contributed by atoms with van der Waals surface area (Å²) in [5, 5.41) is 10.2. The molecule has 5 rings (SSSR count). The zero-order valence-electron chi connectivity index (χ0n) is 16.3. The summed E-state index contributed by atoms with van der Waals surface area (Å²) in [5.41, 5.74) is 1.82. The number of rotatable bonds is 5. The molecule has 30 heavy (non-hydrogen) atoms. The number of aromatic nitrogens is 2. The van der Waals surface area contributed by atoms with E-state index in [0.29, 0.717) is 17.7 Å². The van der Waals surface area contributed by atoms with Gasteiger partial charge in [0.05, 0.1) is 6.04 Å². The quantitative estimate of drug-likeness (QED) is 0.806. The van der Waals surface area contributed by atoms with E-state index in [2.05, 4.69) is 15.5 Å². The molecule has 1 aromatic heterocycles. The Morgan fingerprint density at radius 3 is 2.70 bits per heavy atom. The summed E-state index contributed by atoms with van der Waals surface area (Å²) in [4.78, 5) is 27.3. The lowest BCUT2D eigenvalue weighted by molar-refractivity contribution is -0.123. The van der Waals surface area contributed by atoms with Gasteiger partial charge in [0.2, 0.25) is 11.8 Å². The van der Waals surface area contributed by atoms with Crippen molar-refractivity contribution in [1.82, 2.24) is 20.4 Å². The fraction of sp³-hybridized carbons (Fsp3) is 0.524. The molecule has 2 aliphatic carbocycles. The summed E-state index contributed by atoms with van der Waals surface area (Å²) in [6, 6.07) is 5.05. The van der Waals surface area contributed by atoms with E-state index >= 15 is 0 Å². The van der Waals surface area contributed by atoms with Gasteiger partial charge in [0.25, 0.3) is 11.8 Å². The summed E-state index contributed by atoms with van der Waals surface area (Å²) in [5.74, 6) is -0.654. The molecule has 0 bridgehead atoms. The van der Waals surface area contributed by atoms with Gasteiger partial charge in [-0.25, -0.2) is 0 Å². The lowest BCUT2D eigenvalue weighted by Gasteiger charge is -2.38. The van der Waals surface area contributed by atoms with Crippen LogP contribution >= 0.6 is 0 Å². The fourth-order valence-electron chi connectivity index (χ4n) is 4.46. The highest BCUT2D eigenvalue weighted by Gasteiger charge is 2.40. The highest BCUT2D eigenvalue weighted by atomic mass is 19.3. The van der Waals surface area contributed by atoms with E-state index < -0.39 is 12.3 Å². The highest BCUT2D eigenvalue weighted by molar-refractivity contribution is 5.99. The Labute approximate surface area is 171 Å². The molecule has 2 fully saturated rings. The molecule has 0 spiro atoms. The minimum absolute atomic E-state index is 0.0332.